The average molecular weight is 314 g/mol. The zero-order valence-corrected chi connectivity index (χ0v) is 13.4. The van der Waals surface area contributed by atoms with Crippen molar-refractivity contribution in [3.63, 3.8) is 0 Å². The molecule has 23 heavy (non-hydrogen) atoms. The first-order valence-electron chi connectivity index (χ1n) is 7.83. The number of anilines is 1. The van der Waals surface area contributed by atoms with Crippen molar-refractivity contribution in [2.45, 2.75) is 32.2 Å². The molecule has 3 rings (SSSR count). The van der Waals surface area contributed by atoms with E-state index in [1.54, 1.807) is 4.68 Å². The zero-order valence-electron chi connectivity index (χ0n) is 13.4. The quantitative estimate of drug-likeness (QED) is 0.793. The number of para-hydroxylation sites is 2. The molecule has 3 N–H and O–H groups in total. The van der Waals surface area contributed by atoms with Crippen molar-refractivity contribution in [1.82, 2.24) is 15.1 Å². The van der Waals surface area contributed by atoms with E-state index in [1.165, 1.54) is 0 Å². The smallest absolute Gasteiger partial charge is 0.319 e. The lowest BCUT2D eigenvalue weighted by atomic mass is 9.97. The number of aryl methyl sites for hydroxylation is 1. The van der Waals surface area contributed by atoms with E-state index in [4.69, 9.17) is 0 Å². The lowest BCUT2D eigenvalue weighted by molar-refractivity contribution is 0.159. The summed E-state index contributed by atoms with van der Waals surface area (Å²) in [7, 11) is 0. The van der Waals surface area contributed by atoms with Gasteiger partial charge in [-0.2, -0.15) is 5.10 Å². The first kappa shape index (κ1) is 15.6. The van der Waals surface area contributed by atoms with Crippen LogP contribution in [-0.2, 0) is 0 Å². The number of carbonyl (C=O) groups is 1. The van der Waals surface area contributed by atoms with E-state index in [2.05, 4.69) is 15.7 Å². The van der Waals surface area contributed by atoms with Crippen molar-refractivity contribution in [3.8, 4) is 5.69 Å². The van der Waals surface area contributed by atoms with Crippen LogP contribution in [0.15, 0.2) is 36.5 Å². The number of hydrogen-bond donors (Lipinski definition) is 3. The standard InChI is InChI=1S/C17H22N4O2/c1-12-9-10-21(20-12)15-6-4-3-5-14(15)18-16(23)19-17(2,11-22)13-7-8-13/h3-6,9-10,13,22H,7-8,11H2,1-2H3,(H2,18,19,23). The van der Waals surface area contributed by atoms with Crippen LogP contribution in [0.3, 0.4) is 0 Å². The SMILES string of the molecule is Cc1ccn(-c2ccccc2NC(=O)NC(C)(CO)C2CC2)n1. The van der Waals surface area contributed by atoms with Gasteiger partial charge < -0.3 is 15.7 Å². The van der Waals surface area contributed by atoms with Crippen LogP contribution in [0.5, 0.6) is 0 Å². The molecule has 1 heterocycles. The Morgan fingerprint density at radius 1 is 1.39 bits per heavy atom. The summed E-state index contributed by atoms with van der Waals surface area (Å²) in [5.41, 5.74) is 1.81. The normalized spacial score (nSPS) is 16.7. The predicted molar refractivity (Wildman–Crippen MR) is 88.7 cm³/mol. The molecule has 1 aliphatic rings. The highest BCUT2D eigenvalue weighted by molar-refractivity contribution is 5.92. The fourth-order valence-corrected chi connectivity index (χ4v) is 2.73. The average Bonchev–Trinajstić information content (AvgIpc) is 3.30. The molecule has 1 aliphatic carbocycles. The molecule has 1 atom stereocenters. The van der Waals surface area contributed by atoms with Crippen LogP contribution >= 0.6 is 0 Å². The maximum Gasteiger partial charge on any atom is 0.319 e. The Bertz CT molecular complexity index is 708. The van der Waals surface area contributed by atoms with Crippen molar-refractivity contribution in [2.24, 2.45) is 5.92 Å². The number of rotatable bonds is 5. The first-order valence-corrected chi connectivity index (χ1v) is 7.83. The lowest BCUT2D eigenvalue weighted by Gasteiger charge is -2.29. The molecule has 122 valence electrons. The van der Waals surface area contributed by atoms with E-state index in [1.807, 2.05) is 50.4 Å². The van der Waals surface area contributed by atoms with Crippen LogP contribution in [0, 0.1) is 12.8 Å². The van der Waals surface area contributed by atoms with Crippen molar-refractivity contribution >= 4 is 11.7 Å². The molecule has 0 bridgehead atoms. The molecule has 1 aromatic heterocycles. The molecule has 1 unspecified atom stereocenters. The predicted octanol–water partition coefficient (Wildman–Crippen LogP) is 2.46. The zero-order chi connectivity index (χ0) is 16.4. The van der Waals surface area contributed by atoms with Gasteiger partial charge in [0.15, 0.2) is 0 Å². The Hall–Kier alpha value is -2.34. The topological polar surface area (TPSA) is 79.2 Å². The number of urea groups is 1. The van der Waals surface area contributed by atoms with Gasteiger partial charge in [-0.15, -0.1) is 0 Å². The highest BCUT2D eigenvalue weighted by atomic mass is 16.3. The minimum Gasteiger partial charge on any atom is -0.394 e. The molecule has 0 aliphatic heterocycles. The van der Waals surface area contributed by atoms with Gasteiger partial charge in [-0.3, -0.25) is 0 Å². The molecule has 2 amide bonds. The summed E-state index contributed by atoms with van der Waals surface area (Å²) in [6.45, 7) is 3.74. The number of hydrogen-bond acceptors (Lipinski definition) is 3. The maximum atomic E-state index is 12.3. The summed E-state index contributed by atoms with van der Waals surface area (Å²) in [5.74, 6) is 0.349. The van der Waals surface area contributed by atoms with E-state index in [0.29, 0.717) is 11.6 Å². The molecule has 1 saturated carbocycles. The van der Waals surface area contributed by atoms with Gasteiger partial charge in [-0.05, 0) is 50.8 Å². The van der Waals surface area contributed by atoms with Gasteiger partial charge in [0.25, 0.3) is 0 Å². The summed E-state index contributed by atoms with van der Waals surface area (Å²) in [6.07, 6.45) is 3.94. The Morgan fingerprint density at radius 3 is 2.74 bits per heavy atom. The number of benzene rings is 1. The fraction of sp³-hybridized carbons (Fsp3) is 0.412. The summed E-state index contributed by atoms with van der Waals surface area (Å²) in [4.78, 5) is 12.3. The minimum atomic E-state index is -0.568. The third kappa shape index (κ3) is 3.37. The fourth-order valence-electron chi connectivity index (χ4n) is 2.73. The Balaban J connectivity index is 1.76. The first-order chi connectivity index (χ1) is 11.0. The molecule has 1 fully saturated rings. The van der Waals surface area contributed by atoms with Crippen LogP contribution in [0.2, 0.25) is 0 Å². The molecule has 6 heteroatoms. The lowest BCUT2D eigenvalue weighted by Crippen LogP contribution is -2.52. The number of aromatic nitrogens is 2. The third-order valence-corrected chi connectivity index (χ3v) is 4.33. The maximum absolute atomic E-state index is 12.3. The monoisotopic (exact) mass is 314 g/mol. The van der Waals surface area contributed by atoms with E-state index < -0.39 is 5.54 Å². The third-order valence-electron chi connectivity index (χ3n) is 4.33. The summed E-state index contributed by atoms with van der Waals surface area (Å²) in [5, 5.41) is 19.7. The van der Waals surface area contributed by atoms with E-state index in [9.17, 15) is 9.90 Å². The largest absolute Gasteiger partial charge is 0.394 e. The second kappa shape index (κ2) is 6.04. The summed E-state index contributed by atoms with van der Waals surface area (Å²) >= 11 is 0. The highest BCUT2D eigenvalue weighted by Crippen LogP contribution is 2.39. The van der Waals surface area contributed by atoms with E-state index in [0.717, 1.165) is 24.2 Å². The molecule has 1 aromatic carbocycles. The van der Waals surface area contributed by atoms with Crippen LogP contribution in [0.4, 0.5) is 10.5 Å². The molecule has 6 nitrogen and oxygen atoms in total. The van der Waals surface area contributed by atoms with Crippen molar-refractivity contribution < 1.29 is 9.90 Å². The van der Waals surface area contributed by atoms with Crippen molar-refractivity contribution in [2.75, 3.05) is 11.9 Å². The van der Waals surface area contributed by atoms with E-state index >= 15 is 0 Å². The molecule has 2 aromatic rings. The van der Waals surface area contributed by atoms with Gasteiger partial charge in [0.1, 0.15) is 0 Å². The van der Waals surface area contributed by atoms with Crippen molar-refractivity contribution in [1.29, 1.82) is 0 Å². The number of aliphatic hydroxyl groups excluding tert-OH is 1. The highest BCUT2D eigenvalue weighted by Gasteiger charge is 2.42. The van der Waals surface area contributed by atoms with Crippen molar-refractivity contribution in [3.05, 3.63) is 42.2 Å². The molecule has 0 saturated heterocycles. The molecule has 0 radical (unpaired) electrons. The van der Waals surface area contributed by atoms with Crippen LogP contribution in [0.1, 0.15) is 25.5 Å². The Morgan fingerprint density at radius 2 is 2.13 bits per heavy atom. The van der Waals surface area contributed by atoms with Crippen LogP contribution < -0.4 is 10.6 Å². The second-order valence-electron chi connectivity index (χ2n) is 6.35. The second-order valence-corrected chi connectivity index (χ2v) is 6.35. The molecular weight excluding hydrogens is 292 g/mol. The molecular formula is C17H22N4O2. The van der Waals surface area contributed by atoms with Gasteiger partial charge in [-0.1, -0.05) is 12.1 Å². The van der Waals surface area contributed by atoms with Gasteiger partial charge in [-0.25, -0.2) is 9.48 Å². The minimum absolute atomic E-state index is 0.0644. The van der Waals surface area contributed by atoms with Gasteiger partial charge >= 0.3 is 6.03 Å². The summed E-state index contributed by atoms with van der Waals surface area (Å²) < 4.78 is 1.73. The van der Waals surface area contributed by atoms with Gasteiger partial charge in [0.2, 0.25) is 0 Å². The van der Waals surface area contributed by atoms with E-state index in [-0.39, 0.29) is 12.6 Å². The summed E-state index contributed by atoms with van der Waals surface area (Å²) in [6, 6.07) is 9.09. The Kier molecular flexibility index (Phi) is 4.09. The molecule has 0 spiro atoms. The number of nitrogens with one attached hydrogen (secondary N) is 2. The van der Waals surface area contributed by atoms with Gasteiger partial charge in [0, 0.05) is 6.20 Å². The van der Waals surface area contributed by atoms with Crippen LogP contribution in [-0.4, -0.2) is 33.1 Å². The number of nitrogens with zero attached hydrogens (tertiary/aromatic N) is 2. The van der Waals surface area contributed by atoms with Crippen LogP contribution in [0.25, 0.3) is 5.69 Å². The van der Waals surface area contributed by atoms with Gasteiger partial charge in [0.05, 0.1) is 29.2 Å². The Labute approximate surface area is 135 Å². The number of carbonyl (C=O) groups excluding carboxylic acids is 1. The number of aliphatic hydroxyl groups is 1. The number of amides is 2.